The van der Waals surface area contributed by atoms with Crippen molar-refractivity contribution in [1.29, 1.82) is 0 Å². The first-order chi connectivity index (χ1) is 9.74. The van der Waals surface area contributed by atoms with Crippen molar-refractivity contribution in [2.45, 2.75) is 50.4 Å². The van der Waals surface area contributed by atoms with Crippen molar-refractivity contribution in [3.05, 3.63) is 10.8 Å². The zero-order valence-electron chi connectivity index (χ0n) is 11.0. The Morgan fingerprint density at radius 3 is 2.75 bits per heavy atom. The van der Waals surface area contributed by atoms with Crippen LogP contribution in [0.4, 0.5) is 0 Å². The van der Waals surface area contributed by atoms with E-state index in [1.165, 1.54) is 30.6 Å². The van der Waals surface area contributed by atoms with Crippen molar-refractivity contribution in [2.24, 2.45) is 5.92 Å². The minimum Gasteiger partial charge on any atom is -0.481 e. The highest BCUT2D eigenvalue weighted by molar-refractivity contribution is 7.16. The Bertz CT molecular complexity index is 658. The molecule has 0 spiro atoms. The summed E-state index contributed by atoms with van der Waals surface area (Å²) in [5, 5.41) is 23.0. The maximum absolute atomic E-state index is 11.0. The van der Waals surface area contributed by atoms with Gasteiger partial charge in [-0.2, -0.15) is 9.61 Å². The number of carboxylic acid groups (broad SMARTS) is 1. The van der Waals surface area contributed by atoms with Crippen molar-refractivity contribution in [3.8, 4) is 0 Å². The third-order valence-corrected chi connectivity index (χ3v) is 5.46. The van der Waals surface area contributed by atoms with E-state index in [1.807, 2.05) is 4.52 Å². The van der Waals surface area contributed by atoms with Crippen LogP contribution in [0.5, 0.6) is 0 Å². The molecule has 2 aliphatic carbocycles. The summed E-state index contributed by atoms with van der Waals surface area (Å²) in [6.07, 6.45) is 6.84. The smallest absolute Gasteiger partial charge is 0.307 e. The van der Waals surface area contributed by atoms with E-state index in [-0.39, 0.29) is 11.8 Å². The van der Waals surface area contributed by atoms with Crippen LogP contribution in [0.2, 0.25) is 0 Å². The first-order valence-electron chi connectivity index (χ1n) is 7.19. The second-order valence-corrected chi connectivity index (χ2v) is 6.80. The van der Waals surface area contributed by atoms with Crippen LogP contribution in [0.3, 0.4) is 0 Å². The van der Waals surface area contributed by atoms with Crippen LogP contribution >= 0.6 is 11.3 Å². The molecule has 20 heavy (non-hydrogen) atoms. The summed E-state index contributed by atoms with van der Waals surface area (Å²) in [7, 11) is 0. The average molecular weight is 292 g/mol. The lowest BCUT2D eigenvalue weighted by Crippen LogP contribution is -2.09. The van der Waals surface area contributed by atoms with Crippen molar-refractivity contribution < 1.29 is 9.90 Å². The maximum atomic E-state index is 11.0. The Labute approximate surface area is 119 Å². The SMILES string of the molecule is O=C(O)C1CC1c1nn2c(C3CCCCC3)nnc2s1. The summed E-state index contributed by atoms with van der Waals surface area (Å²) in [4.78, 5) is 11.8. The van der Waals surface area contributed by atoms with E-state index in [4.69, 9.17) is 5.11 Å². The number of fused-ring (bicyclic) bond motifs is 1. The Morgan fingerprint density at radius 1 is 1.25 bits per heavy atom. The number of nitrogens with zero attached hydrogens (tertiary/aromatic N) is 4. The number of aromatic nitrogens is 4. The van der Waals surface area contributed by atoms with Crippen LogP contribution in [0.15, 0.2) is 0 Å². The molecule has 2 aromatic rings. The highest BCUT2D eigenvalue weighted by Gasteiger charge is 2.46. The van der Waals surface area contributed by atoms with Gasteiger partial charge in [0.05, 0.1) is 5.92 Å². The maximum Gasteiger partial charge on any atom is 0.307 e. The number of hydrogen-bond donors (Lipinski definition) is 1. The highest BCUT2D eigenvalue weighted by atomic mass is 32.1. The van der Waals surface area contributed by atoms with E-state index in [0.29, 0.717) is 12.3 Å². The molecule has 2 aromatic heterocycles. The molecule has 6 nitrogen and oxygen atoms in total. The Kier molecular flexibility index (Phi) is 2.76. The molecule has 7 heteroatoms. The molecule has 0 bridgehead atoms. The molecule has 0 aromatic carbocycles. The summed E-state index contributed by atoms with van der Waals surface area (Å²) in [6.45, 7) is 0. The number of aliphatic carboxylic acids is 1. The number of rotatable bonds is 3. The molecule has 2 fully saturated rings. The topological polar surface area (TPSA) is 80.4 Å². The predicted octanol–water partition coefficient (Wildman–Crippen LogP) is 2.42. The van der Waals surface area contributed by atoms with Crippen LogP contribution in [0.25, 0.3) is 4.96 Å². The van der Waals surface area contributed by atoms with Gasteiger partial charge >= 0.3 is 5.97 Å². The normalized spacial score (nSPS) is 27.0. The Morgan fingerprint density at radius 2 is 2.05 bits per heavy atom. The zero-order valence-corrected chi connectivity index (χ0v) is 11.8. The van der Waals surface area contributed by atoms with Crippen molar-refractivity contribution in [1.82, 2.24) is 19.8 Å². The first-order valence-corrected chi connectivity index (χ1v) is 8.00. The number of carbonyl (C=O) groups is 1. The van der Waals surface area contributed by atoms with Crippen LogP contribution in [0.1, 0.15) is 61.2 Å². The summed E-state index contributed by atoms with van der Waals surface area (Å²) in [6, 6.07) is 0. The quantitative estimate of drug-likeness (QED) is 0.939. The minimum atomic E-state index is -0.714. The standard InChI is InChI=1S/C13H16N4O2S/c18-12(19)9-6-8(9)11-16-17-10(14-15-13(17)20-11)7-4-2-1-3-5-7/h7-9H,1-6H2,(H,18,19). The van der Waals surface area contributed by atoms with Crippen LogP contribution in [0, 0.1) is 5.92 Å². The molecule has 2 aliphatic rings. The van der Waals surface area contributed by atoms with E-state index in [9.17, 15) is 4.79 Å². The van der Waals surface area contributed by atoms with Gasteiger partial charge in [0.25, 0.3) is 0 Å². The minimum absolute atomic E-state index is 0.0819. The molecule has 2 heterocycles. The van der Waals surface area contributed by atoms with Gasteiger partial charge in [-0.1, -0.05) is 30.6 Å². The van der Waals surface area contributed by atoms with E-state index in [1.54, 1.807) is 0 Å². The Balaban J connectivity index is 1.63. The lowest BCUT2D eigenvalue weighted by molar-refractivity contribution is -0.138. The molecule has 2 saturated carbocycles. The monoisotopic (exact) mass is 292 g/mol. The number of hydrogen-bond acceptors (Lipinski definition) is 5. The fraction of sp³-hybridized carbons (Fsp3) is 0.692. The van der Waals surface area contributed by atoms with Crippen LogP contribution < -0.4 is 0 Å². The Hall–Kier alpha value is -1.50. The third-order valence-electron chi connectivity index (χ3n) is 4.43. The first kappa shape index (κ1) is 12.3. The van der Waals surface area contributed by atoms with Gasteiger partial charge in [0.2, 0.25) is 4.96 Å². The lowest BCUT2D eigenvalue weighted by atomic mass is 9.89. The van der Waals surface area contributed by atoms with E-state index < -0.39 is 5.97 Å². The second-order valence-electron chi connectivity index (χ2n) is 5.81. The molecule has 2 atom stereocenters. The van der Waals surface area contributed by atoms with Gasteiger partial charge in [0.1, 0.15) is 5.01 Å². The van der Waals surface area contributed by atoms with E-state index >= 15 is 0 Å². The van der Waals surface area contributed by atoms with Gasteiger partial charge in [0, 0.05) is 11.8 Å². The molecule has 0 radical (unpaired) electrons. The summed E-state index contributed by atoms with van der Waals surface area (Å²) < 4.78 is 1.85. The molecule has 106 valence electrons. The fourth-order valence-electron chi connectivity index (χ4n) is 3.15. The summed E-state index contributed by atoms with van der Waals surface area (Å²) in [5.74, 6) is 0.543. The van der Waals surface area contributed by atoms with Gasteiger partial charge in [-0.05, 0) is 19.3 Å². The van der Waals surface area contributed by atoms with Crippen molar-refractivity contribution in [3.63, 3.8) is 0 Å². The van der Waals surface area contributed by atoms with Gasteiger partial charge in [-0.3, -0.25) is 4.79 Å². The largest absolute Gasteiger partial charge is 0.481 e. The zero-order chi connectivity index (χ0) is 13.7. The van der Waals surface area contributed by atoms with E-state index in [0.717, 1.165) is 28.6 Å². The van der Waals surface area contributed by atoms with Gasteiger partial charge in [-0.25, -0.2) is 0 Å². The molecule has 0 amide bonds. The van der Waals surface area contributed by atoms with E-state index in [2.05, 4.69) is 15.3 Å². The van der Waals surface area contributed by atoms with Crippen molar-refractivity contribution >= 4 is 22.3 Å². The fourth-order valence-corrected chi connectivity index (χ4v) is 4.18. The molecule has 4 rings (SSSR count). The molecule has 0 aliphatic heterocycles. The van der Waals surface area contributed by atoms with Gasteiger partial charge < -0.3 is 5.11 Å². The third kappa shape index (κ3) is 1.91. The van der Waals surface area contributed by atoms with Crippen molar-refractivity contribution in [2.75, 3.05) is 0 Å². The van der Waals surface area contributed by atoms with Crippen LogP contribution in [-0.2, 0) is 4.79 Å². The van der Waals surface area contributed by atoms with Gasteiger partial charge in [0.15, 0.2) is 5.82 Å². The molecular formula is C13H16N4O2S. The molecule has 0 saturated heterocycles. The summed E-state index contributed by atoms with van der Waals surface area (Å²) >= 11 is 1.49. The summed E-state index contributed by atoms with van der Waals surface area (Å²) in [5.41, 5.74) is 0. The second kappa shape index (κ2) is 4.51. The lowest BCUT2D eigenvalue weighted by Gasteiger charge is -2.18. The highest BCUT2D eigenvalue weighted by Crippen LogP contribution is 2.48. The average Bonchev–Trinajstić information content (AvgIpc) is 3.01. The number of carboxylic acids is 1. The van der Waals surface area contributed by atoms with Crippen LogP contribution in [-0.4, -0.2) is 30.9 Å². The predicted molar refractivity (Wildman–Crippen MR) is 73.0 cm³/mol. The molecule has 1 N–H and O–H groups in total. The van der Waals surface area contributed by atoms with Gasteiger partial charge in [-0.15, -0.1) is 10.2 Å². The molecule has 2 unspecified atom stereocenters. The molecular weight excluding hydrogens is 276 g/mol.